The fourth-order valence-corrected chi connectivity index (χ4v) is 2.17. The van der Waals surface area contributed by atoms with Crippen LogP contribution in [-0.2, 0) is 4.79 Å². The van der Waals surface area contributed by atoms with Crippen LogP contribution in [0.1, 0.15) is 25.7 Å². The number of hydrogen-bond donors (Lipinski definition) is 1. The van der Waals surface area contributed by atoms with E-state index in [4.69, 9.17) is 0 Å². The van der Waals surface area contributed by atoms with Gasteiger partial charge >= 0.3 is 5.69 Å². The topological polar surface area (TPSA) is 88.4 Å². The summed E-state index contributed by atoms with van der Waals surface area (Å²) in [7, 11) is 0. The standard InChI is InChI=1S/C13H16N4O3/c18-12(15-9-3-4-9)8-16(10-5-6-10)13-11(17(19)20)2-1-7-14-13/h1-2,7,9-10H,3-6,8H2,(H,15,18). The Hall–Kier alpha value is -2.18. The first kappa shape index (κ1) is 12.8. The van der Waals surface area contributed by atoms with E-state index in [0.29, 0.717) is 11.9 Å². The molecule has 1 amide bonds. The Morgan fingerprint density at radius 3 is 2.80 bits per heavy atom. The first-order chi connectivity index (χ1) is 9.65. The molecule has 1 aromatic rings. The van der Waals surface area contributed by atoms with Crippen LogP contribution in [0.4, 0.5) is 11.5 Å². The molecule has 7 nitrogen and oxygen atoms in total. The molecular weight excluding hydrogens is 260 g/mol. The van der Waals surface area contributed by atoms with Crippen molar-refractivity contribution in [1.29, 1.82) is 0 Å². The second-order valence-corrected chi connectivity index (χ2v) is 5.30. The molecule has 2 saturated carbocycles. The molecule has 2 fully saturated rings. The van der Waals surface area contributed by atoms with Gasteiger partial charge in [-0.05, 0) is 31.7 Å². The lowest BCUT2D eigenvalue weighted by Crippen LogP contribution is -2.40. The first-order valence-corrected chi connectivity index (χ1v) is 6.80. The molecule has 7 heteroatoms. The lowest BCUT2D eigenvalue weighted by atomic mass is 10.3. The minimum atomic E-state index is -0.448. The van der Waals surface area contributed by atoms with Crippen molar-refractivity contribution >= 4 is 17.4 Å². The zero-order valence-corrected chi connectivity index (χ0v) is 11.0. The number of hydrogen-bond acceptors (Lipinski definition) is 5. The summed E-state index contributed by atoms with van der Waals surface area (Å²) >= 11 is 0. The lowest BCUT2D eigenvalue weighted by Gasteiger charge is -2.22. The van der Waals surface area contributed by atoms with E-state index < -0.39 is 4.92 Å². The number of pyridine rings is 1. The van der Waals surface area contributed by atoms with Crippen LogP contribution < -0.4 is 10.2 Å². The van der Waals surface area contributed by atoms with Crippen molar-refractivity contribution in [3.05, 3.63) is 28.4 Å². The summed E-state index contributed by atoms with van der Waals surface area (Å²) in [6.45, 7) is 0.138. The maximum absolute atomic E-state index is 11.9. The monoisotopic (exact) mass is 276 g/mol. The number of carbonyl (C=O) groups is 1. The molecule has 0 spiro atoms. The van der Waals surface area contributed by atoms with E-state index in [-0.39, 0.29) is 24.2 Å². The molecule has 0 bridgehead atoms. The minimum absolute atomic E-state index is 0.0429. The van der Waals surface area contributed by atoms with Crippen LogP contribution in [0.5, 0.6) is 0 Å². The van der Waals surface area contributed by atoms with Crippen molar-refractivity contribution in [1.82, 2.24) is 10.3 Å². The number of amides is 1. The van der Waals surface area contributed by atoms with E-state index in [1.807, 2.05) is 0 Å². The van der Waals surface area contributed by atoms with E-state index in [1.54, 1.807) is 4.90 Å². The van der Waals surface area contributed by atoms with Gasteiger partial charge in [0.25, 0.3) is 0 Å². The minimum Gasteiger partial charge on any atom is -0.352 e. The Morgan fingerprint density at radius 2 is 2.20 bits per heavy atom. The quantitative estimate of drug-likeness (QED) is 0.623. The number of anilines is 1. The van der Waals surface area contributed by atoms with Gasteiger partial charge in [0.1, 0.15) is 0 Å². The van der Waals surface area contributed by atoms with Crippen molar-refractivity contribution in [2.45, 2.75) is 37.8 Å². The van der Waals surface area contributed by atoms with Gasteiger partial charge < -0.3 is 10.2 Å². The number of nitrogens with zero attached hydrogens (tertiary/aromatic N) is 3. The molecule has 1 heterocycles. The Bertz CT molecular complexity index is 540. The van der Waals surface area contributed by atoms with Crippen molar-refractivity contribution in [3.8, 4) is 0 Å². The molecule has 0 unspecified atom stereocenters. The molecule has 3 rings (SSSR count). The van der Waals surface area contributed by atoms with Crippen LogP contribution >= 0.6 is 0 Å². The summed E-state index contributed by atoms with van der Waals surface area (Å²) < 4.78 is 0. The highest BCUT2D eigenvalue weighted by Gasteiger charge is 2.35. The van der Waals surface area contributed by atoms with Crippen molar-refractivity contribution in [3.63, 3.8) is 0 Å². The molecular formula is C13H16N4O3. The summed E-state index contributed by atoms with van der Waals surface area (Å²) in [5, 5.41) is 14.0. The van der Waals surface area contributed by atoms with E-state index in [0.717, 1.165) is 25.7 Å². The van der Waals surface area contributed by atoms with Gasteiger partial charge in [-0.2, -0.15) is 0 Å². The number of nitro groups is 1. The van der Waals surface area contributed by atoms with Gasteiger partial charge in [0.05, 0.1) is 11.5 Å². The highest BCUT2D eigenvalue weighted by molar-refractivity contribution is 5.82. The van der Waals surface area contributed by atoms with Crippen molar-refractivity contribution in [2.75, 3.05) is 11.4 Å². The normalized spacial score (nSPS) is 17.6. The van der Waals surface area contributed by atoms with Crippen molar-refractivity contribution in [2.24, 2.45) is 0 Å². The Kier molecular flexibility index (Phi) is 3.25. The zero-order chi connectivity index (χ0) is 14.1. The number of carbonyl (C=O) groups excluding carboxylic acids is 1. The van der Waals surface area contributed by atoms with Gasteiger partial charge in [0, 0.05) is 24.3 Å². The molecule has 2 aliphatic carbocycles. The molecule has 20 heavy (non-hydrogen) atoms. The van der Waals surface area contributed by atoms with E-state index in [2.05, 4.69) is 10.3 Å². The van der Waals surface area contributed by atoms with Gasteiger partial charge in [-0.3, -0.25) is 14.9 Å². The van der Waals surface area contributed by atoms with Gasteiger partial charge in [-0.1, -0.05) is 0 Å². The zero-order valence-electron chi connectivity index (χ0n) is 11.0. The summed E-state index contributed by atoms with van der Waals surface area (Å²) in [4.78, 5) is 28.4. The second-order valence-electron chi connectivity index (χ2n) is 5.30. The SMILES string of the molecule is O=C(CN(c1ncccc1[N+](=O)[O-])C1CC1)NC1CC1. The van der Waals surface area contributed by atoms with Crippen LogP contribution in [-0.4, -0.2) is 34.4 Å². The van der Waals surface area contributed by atoms with Gasteiger partial charge in [0.2, 0.25) is 11.7 Å². The number of aromatic nitrogens is 1. The van der Waals surface area contributed by atoms with E-state index >= 15 is 0 Å². The maximum atomic E-state index is 11.9. The third kappa shape index (κ3) is 2.87. The van der Waals surface area contributed by atoms with E-state index in [1.165, 1.54) is 18.3 Å². The van der Waals surface area contributed by atoms with Gasteiger partial charge in [-0.25, -0.2) is 4.98 Å². The molecule has 2 aliphatic rings. The summed E-state index contributed by atoms with van der Waals surface area (Å²) in [6, 6.07) is 3.45. The molecule has 0 atom stereocenters. The predicted molar refractivity (Wildman–Crippen MR) is 72.4 cm³/mol. The molecule has 1 N–H and O–H groups in total. The smallest absolute Gasteiger partial charge is 0.311 e. The fraction of sp³-hybridized carbons (Fsp3) is 0.538. The largest absolute Gasteiger partial charge is 0.352 e. The summed E-state index contributed by atoms with van der Waals surface area (Å²) in [5.41, 5.74) is -0.0429. The van der Waals surface area contributed by atoms with E-state index in [9.17, 15) is 14.9 Å². The predicted octanol–water partition coefficient (Wildman–Crippen LogP) is 1.24. The van der Waals surface area contributed by atoms with Crippen LogP contribution in [0.25, 0.3) is 0 Å². The van der Waals surface area contributed by atoms with Gasteiger partial charge in [0.15, 0.2) is 0 Å². The molecule has 0 saturated heterocycles. The molecule has 0 aromatic carbocycles. The van der Waals surface area contributed by atoms with Crippen molar-refractivity contribution < 1.29 is 9.72 Å². The van der Waals surface area contributed by atoms with Crippen LogP contribution in [0, 0.1) is 10.1 Å². The third-order valence-corrected chi connectivity index (χ3v) is 3.48. The fourth-order valence-electron chi connectivity index (χ4n) is 2.17. The van der Waals surface area contributed by atoms with Crippen LogP contribution in [0.15, 0.2) is 18.3 Å². The molecule has 106 valence electrons. The summed E-state index contributed by atoms with van der Waals surface area (Å²) in [6.07, 6.45) is 5.48. The highest BCUT2D eigenvalue weighted by atomic mass is 16.6. The average molecular weight is 276 g/mol. The first-order valence-electron chi connectivity index (χ1n) is 6.80. The Balaban J connectivity index is 1.79. The Morgan fingerprint density at radius 1 is 1.45 bits per heavy atom. The van der Waals surface area contributed by atoms with Crippen LogP contribution in [0.3, 0.4) is 0 Å². The molecule has 1 aromatic heterocycles. The summed E-state index contributed by atoms with van der Waals surface area (Å²) in [5.74, 6) is 0.213. The highest BCUT2D eigenvalue weighted by Crippen LogP contribution is 2.35. The molecule has 0 aliphatic heterocycles. The van der Waals surface area contributed by atoms with Gasteiger partial charge in [-0.15, -0.1) is 0 Å². The van der Waals surface area contributed by atoms with Crippen LogP contribution in [0.2, 0.25) is 0 Å². The third-order valence-electron chi connectivity index (χ3n) is 3.48. The average Bonchev–Trinajstić information content (AvgIpc) is 3.29. The maximum Gasteiger partial charge on any atom is 0.311 e. The molecule has 0 radical (unpaired) electrons. The number of nitrogens with one attached hydrogen (secondary N) is 1. The lowest BCUT2D eigenvalue weighted by molar-refractivity contribution is -0.384. The Labute approximate surface area is 116 Å². The number of rotatable bonds is 6. The second kappa shape index (κ2) is 5.07.